The molecule has 17 heavy (non-hydrogen) atoms. The van der Waals surface area contributed by atoms with Gasteiger partial charge in [0.15, 0.2) is 11.5 Å². The molecule has 2 atom stereocenters. The van der Waals surface area contributed by atoms with E-state index in [1.54, 1.807) is 12.1 Å². The fourth-order valence-electron chi connectivity index (χ4n) is 2.48. The number of ether oxygens (including phenoxy) is 1. The Morgan fingerprint density at radius 2 is 2.29 bits per heavy atom. The average molecular weight is 237 g/mol. The highest BCUT2D eigenvalue weighted by Gasteiger charge is 2.39. The van der Waals surface area contributed by atoms with Crippen molar-refractivity contribution < 1.29 is 14.9 Å². The number of benzene rings is 1. The van der Waals surface area contributed by atoms with Crippen LogP contribution in [0.1, 0.15) is 18.4 Å². The van der Waals surface area contributed by atoms with Crippen LogP contribution < -0.4 is 10.1 Å². The van der Waals surface area contributed by atoms with Crippen LogP contribution in [0.4, 0.5) is 0 Å². The highest BCUT2D eigenvalue weighted by molar-refractivity contribution is 5.43. The molecule has 2 rings (SSSR count). The van der Waals surface area contributed by atoms with Gasteiger partial charge in [-0.3, -0.25) is 0 Å². The van der Waals surface area contributed by atoms with Crippen LogP contribution in [0.25, 0.3) is 0 Å². The summed E-state index contributed by atoms with van der Waals surface area (Å²) in [5, 5.41) is 22.6. The van der Waals surface area contributed by atoms with E-state index in [9.17, 15) is 10.2 Å². The molecule has 1 saturated heterocycles. The molecule has 0 radical (unpaired) electrons. The Morgan fingerprint density at radius 1 is 1.53 bits per heavy atom. The highest BCUT2D eigenvalue weighted by atomic mass is 16.5. The Morgan fingerprint density at radius 3 is 2.88 bits per heavy atom. The van der Waals surface area contributed by atoms with Gasteiger partial charge in [0.25, 0.3) is 0 Å². The van der Waals surface area contributed by atoms with Crippen molar-refractivity contribution in [3.8, 4) is 11.5 Å². The second-order valence-corrected chi connectivity index (χ2v) is 4.93. The molecule has 1 aliphatic rings. The number of hydrogen-bond donors (Lipinski definition) is 3. The first kappa shape index (κ1) is 12.2. The molecule has 0 bridgehead atoms. The number of aliphatic hydroxyl groups excluding tert-OH is 1. The average Bonchev–Trinajstić information content (AvgIpc) is 2.72. The molecule has 0 spiro atoms. The number of aliphatic hydroxyl groups is 1. The quantitative estimate of drug-likeness (QED) is 0.736. The van der Waals surface area contributed by atoms with Crippen molar-refractivity contribution in [3.05, 3.63) is 23.8 Å². The van der Waals surface area contributed by atoms with Gasteiger partial charge in [-0.15, -0.1) is 0 Å². The first-order chi connectivity index (χ1) is 8.10. The number of phenolic OH excluding ortho intramolecular Hbond substituents is 1. The van der Waals surface area contributed by atoms with Gasteiger partial charge in [-0.05, 0) is 17.7 Å². The van der Waals surface area contributed by atoms with E-state index in [4.69, 9.17) is 4.74 Å². The molecule has 1 heterocycles. The van der Waals surface area contributed by atoms with E-state index in [1.165, 1.54) is 7.11 Å². The first-order valence-corrected chi connectivity index (χ1v) is 5.79. The lowest BCUT2D eigenvalue weighted by Crippen LogP contribution is -2.29. The zero-order chi connectivity index (χ0) is 12.5. The summed E-state index contributed by atoms with van der Waals surface area (Å²) in [5.74, 6) is 0.840. The van der Waals surface area contributed by atoms with Crippen molar-refractivity contribution in [3.63, 3.8) is 0 Å². The van der Waals surface area contributed by atoms with E-state index in [1.807, 2.05) is 6.07 Å². The number of methoxy groups -OCH3 is 1. The lowest BCUT2D eigenvalue weighted by molar-refractivity contribution is 0.144. The number of phenols is 1. The normalized spacial score (nSPS) is 28.3. The molecule has 2 unspecified atom stereocenters. The fraction of sp³-hybridized carbons (Fsp3) is 0.538. The molecule has 4 nitrogen and oxygen atoms in total. The Kier molecular flexibility index (Phi) is 3.26. The molecule has 0 amide bonds. The molecule has 0 aliphatic carbocycles. The van der Waals surface area contributed by atoms with Crippen LogP contribution in [0.3, 0.4) is 0 Å². The van der Waals surface area contributed by atoms with Gasteiger partial charge >= 0.3 is 0 Å². The maximum absolute atomic E-state index is 9.79. The molecule has 1 aromatic rings. The molecule has 4 heteroatoms. The van der Waals surface area contributed by atoms with Crippen LogP contribution >= 0.6 is 0 Å². The summed E-state index contributed by atoms with van der Waals surface area (Å²) < 4.78 is 5.03. The zero-order valence-corrected chi connectivity index (χ0v) is 10.2. The third kappa shape index (κ3) is 2.10. The summed E-state index contributed by atoms with van der Waals surface area (Å²) in [6.45, 7) is 3.81. The molecule has 1 fully saturated rings. The van der Waals surface area contributed by atoms with Crippen molar-refractivity contribution in [1.82, 2.24) is 5.32 Å². The van der Waals surface area contributed by atoms with Gasteiger partial charge in [0.1, 0.15) is 0 Å². The number of hydrogen-bond acceptors (Lipinski definition) is 4. The maximum atomic E-state index is 9.79. The molecule has 0 saturated carbocycles. The first-order valence-electron chi connectivity index (χ1n) is 5.79. The van der Waals surface area contributed by atoms with Gasteiger partial charge in [-0.1, -0.05) is 13.0 Å². The van der Waals surface area contributed by atoms with E-state index < -0.39 is 0 Å². The van der Waals surface area contributed by atoms with Crippen molar-refractivity contribution in [2.24, 2.45) is 5.41 Å². The van der Waals surface area contributed by atoms with Gasteiger partial charge in [0.05, 0.1) is 13.7 Å². The number of rotatable bonds is 3. The maximum Gasteiger partial charge on any atom is 0.160 e. The summed E-state index contributed by atoms with van der Waals surface area (Å²) in [6, 6.07) is 5.44. The molecular formula is C13H19NO3. The summed E-state index contributed by atoms with van der Waals surface area (Å²) in [4.78, 5) is 0. The predicted molar refractivity (Wildman–Crippen MR) is 65.5 cm³/mol. The standard InChI is InChI=1S/C13H19NO3/c1-13(8-15)7-14-6-10(13)9-3-4-12(17-2)11(16)5-9/h3-5,10,14-16H,6-8H2,1-2H3. The van der Waals surface area contributed by atoms with Crippen LogP contribution in [0.2, 0.25) is 0 Å². The topological polar surface area (TPSA) is 61.7 Å². The monoisotopic (exact) mass is 237 g/mol. The van der Waals surface area contributed by atoms with Gasteiger partial charge in [-0.25, -0.2) is 0 Å². The lowest BCUT2D eigenvalue weighted by atomic mass is 9.77. The Balaban J connectivity index is 2.31. The number of aromatic hydroxyl groups is 1. The van der Waals surface area contributed by atoms with Crippen LogP contribution in [0.15, 0.2) is 18.2 Å². The molecular weight excluding hydrogens is 218 g/mol. The summed E-state index contributed by atoms with van der Waals surface area (Å²) in [5.41, 5.74) is 0.867. The van der Waals surface area contributed by atoms with Gasteiger partial charge in [0.2, 0.25) is 0 Å². The predicted octanol–water partition coefficient (Wildman–Crippen LogP) is 1.09. The second kappa shape index (κ2) is 4.55. The second-order valence-electron chi connectivity index (χ2n) is 4.93. The minimum atomic E-state index is -0.166. The third-order valence-corrected chi connectivity index (χ3v) is 3.69. The van der Waals surface area contributed by atoms with E-state index in [0.717, 1.165) is 18.7 Å². The van der Waals surface area contributed by atoms with Crippen LogP contribution in [-0.2, 0) is 0 Å². The van der Waals surface area contributed by atoms with Crippen LogP contribution in [0.5, 0.6) is 11.5 Å². The van der Waals surface area contributed by atoms with Crippen LogP contribution in [0, 0.1) is 5.41 Å². The molecule has 0 aromatic heterocycles. The zero-order valence-electron chi connectivity index (χ0n) is 10.2. The Labute approximate surface area is 101 Å². The third-order valence-electron chi connectivity index (χ3n) is 3.69. The van der Waals surface area contributed by atoms with E-state index >= 15 is 0 Å². The highest BCUT2D eigenvalue weighted by Crippen LogP contribution is 2.40. The summed E-state index contributed by atoms with van der Waals surface area (Å²) in [6.07, 6.45) is 0. The SMILES string of the molecule is COc1ccc(C2CNCC2(C)CO)cc1O. The smallest absolute Gasteiger partial charge is 0.160 e. The van der Waals surface area contributed by atoms with Crippen molar-refractivity contribution in [2.75, 3.05) is 26.8 Å². The van der Waals surface area contributed by atoms with E-state index in [2.05, 4.69) is 12.2 Å². The van der Waals surface area contributed by atoms with Gasteiger partial charge in [0, 0.05) is 24.4 Å². The van der Waals surface area contributed by atoms with Crippen molar-refractivity contribution >= 4 is 0 Å². The molecule has 94 valence electrons. The van der Waals surface area contributed by atoms with Crippen LogP contribution in [-0.4, -0.2) is 37.0 Å². The summed E-state index contributed by atoms with van der Waals surface area (Å²) in [7, 11) is 1.53. The minimum Gasteiger partial charge on any atom is -0.504 e. The number of nitrogens with one attached hydrogen (secondary N) is 1. The lowest BCUT2D eigenvalue weighted by Gasteiger charge is -2.28. The Hall–Kier alpha value is -1.26. The van der Waals surface area contributed by atoms with Crippen molar-refractivity contribution in [1.29, 1.82) is 0 Å². The molecule has 1 aliphatic heterocycles. The fourth-order valence-corrected chi connectivity index (χ4v) is 2.48. The molecule has 1 aromatic carbocycles. The van der Waals surface area contributed by atoms with Crippen molar-refractivity contribution in [2.45, 2.75) is 12.8 Å². The van der Waals surface area contributed by atoms with E-state index in [-0.39, 0.29) is 23.7 Å². The largest absolute Gasteiger partial charge is 0.504 e. The van der Waals surface area contributed by atoms with E-state index in [0.29, 0.717) is 5.75 Å². The summed E-state index contributed by atoms with van der Waals surface area (Å²) >= 11 is 0. The minimum absolute atomic E-state index is 0.136. The molecule has 3 N–H and O–H groups in total. The Bertz CT molecular complexity index is 408. The van der Waals surface area contributed by atoms with Gasteiger partial charge < -0.3 is 20.3 Å². The van der Waals surface area contributed by atoms with Gasteiger partial charge in [-0.2, -0.15) is 0 Å².